The number of halogens is 1. The van der Waals surface area contributed by atoms with Gasteiger partial charge in [0, 0.05) is 26.3 Å². The third-order valence-electron chi connectivity index (χ3n) is 4.70. The normalized spacial score (nSPS) is 20.8. The number of nitrogens with one attached hydrogen (secondary N) is 1. The highest BCUT2D eigenvalue weighted by Crippen LogP contribution is 2.29. The Morgan fingerprint density at radius 3 is 3.12 bits per heavy atom. The van der Waals surface area contributed by atoms with Crippen LogP contribution in [0.4, 0.5) is 10.2 Å². The summed E-state index contributed by atoms with van der Waals surface area (Å²) in [6.45, 7) is 3.25. The van der Waals surface area contributed by atoms with E-state index in [1.54, 1.807) is 11.1 Å². The summed E-state index contributed by atoms with van der Waals surface area (Å²) in [6.07, 6.45) is 1.63. The molecule has 0 radical (unpaired) electrons. The maximum absolute atomic E-state index is 13.7. The molecule has 0 aliphatic carbocycles. The summed E-state index contributed by atoms with van der Waals surface area (Å²) in [5.41, 5.74) is 0.449. The summed E-state index contributed by atoms with van der Waals surface area (Å²) in [7, 11) is 1.85. The molecule has 1 aliphatic rings. The molecule has 3 heterocycles. The summed E-state index contributed by atoms with van der Waals surface area (Å²) < 4.78 is 13.7. The Hall–Kier alpha value is -2.69. The van der Waals surface area contributed by atoms with Crippen LogP contribution in [-0.2, 0) is 4.79 Å². The fourth-order valence-corrected chi connectivity index (χ4v) is 3.28. The van der Waals surface area contributed by atoms with Crippen molar-refractivity contribution in [3.63, 3.8) is 0 Å². The molecule has 1 saturated heterocycles. The van der Waals surface area contributed by atoms with E-state index in [1.165, 1.54) is 0 Å². The van der Waals surface area contributed by atoms with Gasteiger partial charge in [-0.25, -0.2) is 0 Å². The number of carbonyl (C=O) groups is 1. The van der Waals surface area contributed by atoms with Gasteiger partial charge in [-0.1, -0.05) is 6.92 Å². The number of nitrogens with zero attached hydrogens (tertiary/aromatic N) is 5. The molecule has 126 valence electrons. The molecule has 0 aromatic carbocycles. The lowest BCUT2D eigenvalue weighted by Gasteiger charge is -2.42. The average molecular weight is 330 g/mol. The molecule has 8 heteroatoms. The molecule has 7 nitrogen and oxygen atoms in total. The average Bonchev–Trinajstić information content (AvgIpc) is 3.02. The Balaban J connectivity index is 1.89. The molecule has 24 heavy (non-hydrogen) atoms. The van der Waals surface area contributed by atoms with Crippen molar-refractivity contribution in [2.75, 3.05) is 25.0 Å². The van der Waals surface area contributed by atoms with Crippen LogP contribution in [0.5, 0.6) is 0 Å². The van der Waals surface area contributed by atoms with Gasteiger partial charge in [0.1, 0.15) is 17.9 Å². The second-order valence-corrected chi connectivity index (χ2v) is 6.18. The van der Waals surface area contributed by atoms with Crippen molar-refractivity contribution < 1.29 is 9.18 Å². The molecule has 1 aliphatic heterocycles. The number of anilines is 1. The minimum atomic E-state index is -0.785. The highest BCUT2D eigenvalue weighted by Gasteiger charge is 2.32. The zero-order valence-electron chi connectivity index (χ0n) is 13.7. The van der Waals surface area contributed by atoms with E-state index in [0.717, 1.165) is 11.8 Å². The van der Waals surface area contributed by atoms with Crippen molar-refractivity contribution in [3.8, 4) is 6.07 Å². The fourth-order valence-electron chi connectivity index (χ4n) is 3.28. The van der Waals surface area contributed by atoms with Crippen LogP contribution in [0, 0.1) is 23.3 Å². The van der Waals surface area contributed by atoms with Gasteiger partial charge < -0.3 is 14.8 Å². The van der Waals surface area contributed by atoms with Crippen LogP contribution in [0.3, 0.4) is 0 Å². The van der Waals surface area contributed by atoms with Gasteiger partial charge in [-0.3, -0.25) is 4.79 Å². The van der Waals surface area contributed by atoms with Gasteiger partial charge in [-0.2, -0.15) is 19.6 Å². The van der Waals surface area contributed by atoms with Gasteiger partial charge >= 0.3 is 6.08 Å². The van der Waals surface area contributed by atoms with Crippen LogP contribution in [-0.4, -0.2) is 51.9 Å². The molecule has 0 bridgehead atoms. The number of rotatable bonds is 3. The summed E-state index contributed by atoms with van der Waals surface area (Å²) in [5.74, 6) is 0.654. The molecule has 0 spiro atoms. The second kappa shape index (κ2) is 6.43. The third-order valence-corrected chi connectivity index (χ3v) is 4.70. The monoisotopic (exact) mass is 330 g/mol. The van der Waals surface area contributed by atoms with Gasteiger partial charge in [-0.15, -0.1) is 0 Å². The number of fused-ring (bicyclic) bond motifs is 1. The summed E-state index contributed by atoms with van der Waals surface area (Å²) >= 11 is 0. The number of aromatic nitrogens is 3. The van der Waals surface area contributed by atoms with Crippen molar-refractivity contribution >= 4 is 22.8 Å². The van der Waals surface area contributed by atoms with Crippen molar-refractivity contribution in [1.82, 2.24) is 19.9 Å². The Kier molecular flexibility index (Phi) is 4.34. The van der Waals surface area contributed by atoms with Crippen molar-refractivity contribution in [1.29, 1.82) is 5.26 Å². The molecule has 2 aromatic heterocycles. The van der Waals surface area contributed by atoms with E-state index in [9.17, 15) is 9.18 Å². The van der Waals surface area contributed by atoms with Gasteiger partial charge in [0.15, 0.2) is 0 Å². The first-order valence-electron chi connectivity index (χ1n) is 7.89. The summed E-state index contributed by atoms with van der Waals surface area (Å²) in [5, 5.41) is 9.47. The molecular formula is C16H19FN6O. The quantitative estimate of drug-likeness (QED) is 0.865. The van der Waals surface area contributed by atoms with Crippen LogP contribution in [0.1, 0.15) is 19.8 Å². The number of likely N-dealkylation sites (tertiary alicyclic amines) is 1. The van der Waals surface area contributed by atoms with Gasteiger partial charge in [0.25, 0.3) is 0 Å². The summed E-state index contributed by atoms with van der Waals surface area (Å²) in [4.78, 5) is 26.3. The van der Waals surface area contributed by atoms with E-state index < -0.39 is 6.08 Å². The van der Waals surface area contributed by atoms with E-state index in [0.29, 0.717) is 30.5 Å². The van der Waals surface area contributed by atoms with Crippen LogP contribution in [0.25, 0.3) is 11.0 Å². The molecule has 1 fully saturated rings. The lowest BCUT2D eigenvalue weighted by molar-refractivity contribution is -0.131. The SMILES string of the molecule is CC1CCN(C(=O)CC#N)CC1N(C)c1nc(F)nc2[nH]ccc12. The zero-order valence-corrected chi connectivity index (χ0v) is 13.7. The fraction of sp³-hybridized carbons (Fsp3) is 0.500. The largest absolute Gasteiger partial charge is 0.354 e. The predicted octanol–water partition coefficient (Wildman–Crippen LogP) is 1.68. The molecular weight excluding hydrogens is 311 g/mol. The Morgan fingerprint density at radius 2 is 2.38 bits per heavy atom. The molecule has 2 unspecified atom stereocenters. The second-order valence-electron chi connectivity index (χ2n) is 6.18. The molecule has 3 rings (SSSR count). The smallest absolute Gasteiger partial charge is 0.312 e. The molecule has 2 atom stereocenters. The van der Waals surface area contributed by atoms with E-state index in [2.05, 4.69) is 21.9 Å². The number of carbonyl (C=O) groups excluding carboxylic acids is 1. The topological polar surface area (TPSA) is 88.9 Å². The minimum absolute atomic E-state index is 0.00575. The number of hydrogen-bond acceptors (Lipinski definition) is 5. The maximum Gasteiger partial charge on any atom is 0.312 e. The number of amides is 1. The number of piperidine rings is 1. The number of H-pyrrole nitrogens is 1. The Morgan fingerprint density at radius 1 is 1.58 bits per heavy atom. The van der Waals surface area contributed by atoms with Gasteiger partial charge in [-0.05, 0) is 18.4 Å². The van der Waals surface area contributed by atoms with Crippen LogP contribution in [0.2, 0.25) is 0 Å². The maximum atomic E-state index is 13.7. The lowest BCUT2D eigenvalue weighted by Crippen LogP contribution is -2.52. The molecule has 1 N–H and O–H groups in total. The zero-order chi connectivity index (χ0) is 17.3. The first kappa shape index (κ1) is 16.2. The van der Waals surface area contributed by atoms with Gasteiger partial charge in [0.05, 0.1) is 17.5 Å². The van der Waals surface area contributed by atoms with Crippen LogP contribution in [0.15, 0.2) is 12.3 Å². The minimum Gasteiger partial charge on any atom is -0.354 e. The predicted molar refractivity (Wildman–Crippen MR) is 86.6 cm³/mol. The Bertz CT molecular complexity index is 797. The molecule has 1 amide bonds. The van der Waals surface area contributed by atoms with Crippen molar-refractivity contribution in [2.45, 2.75) is 25.8 Å². The van der Waals surface area contributed by atoms with E-state index in [1.807, 2.05) is 24.1 Å². The first-order chi connectivity index (χ1) is 11.5. The van der Waals surface area contributed by atoms with Crippen LogP contribution < -0.4 is 4.90 Å². The first-order valence-corrected chi connectivity index (χ1v) is 7.89. The highest BCUT2D eigenvalue weighted by molar-refractivity contribution is 5.87. The molecule has 0 saturated carbocycles. The van der Waals surface area contributed by atoms with Crippen molar-refractivity contribution in [2.24, 2.45) is 5.92 Å². The standard InChI is InChI=1S/C16H19FN6O/c1-10-5-8-23(13(24)3-6-18)9-12(10)22(2)15-11-4-7-19-14(11)20-16(17)21-15/h4,7,10,12H,3,5,8-9H2,1-2H3,(H,19,20,21). The number of hydrogen-bond donors (Lipinski definition) is 1. The third kappa shape index (κ3) is 2.89. The number of likely N-dealkylation sites (N-methyl/N-ethyl adjacent to an activating group) is 1. The number of nitriles is 1. The molecule has 2 aromatic rings. The van der Waals surface area contributed by atoms with E-state index in [4.69, 9.17) is 5.26 Å². The summed E-state index contributed by atoms with van der Waals surface area (Å²) in [6, 6.07) is 3.71. The number of aromatic amines is 1. The Labute approximate surface area is 139 Å². The van der Waals surface area contributed by atoms with Crippen molar-refractivity contribution in [3.05, 3.63) is 18.3 Å². The van der Waals surface area contributed by atoms with E-state index >= 15 is 0 Å². The van der Waals surface area contributed by atoms with E-state index in [-0.39, 0.29) is 18.4 Å². The van der Waals surface area contributed by atoms with Gasteiger partial charge in [0.2, 0.25) is 5.91 Å². The lowest BCUT2D eigenvalue weighted by atomic mass is 9.92. The van der Waals surface area contributed by atoms with Crippen LogP contribution >= 0.6 is 0 Å². The highest BCUT2D eigenvalue weighted by atomic mass is 19.1.